The second-order valence-electron chi connectivity index (χ2n) is 12.2. The molecule has 0 radical (unpaired) electrons. The Morgan fingerprint density at radius 3 is 1.78 bits per heavy atom. The minimum atomic E-state index is -1.53. The molecule has 0 saturated carbocycles. The average Bonchev–Trinajstić information content (AvgIpc) is 3.35. The van der Waals surface area contributed by atoms with Gasteiger partial charge < -0.3 is 15.0 Å². The number of para-hydroxylation sites is 1. The molecule has 234 valence electrons. The highest BCUT2D eigenvalue weighted by Crippen LogP contribution is 2.52. The van der Waals surface area contributed by atoms with Crippen LogP contribution in [0.15, 0.2) is 115 Å². The van der Waals surface area contributed by atoms with Crippen LogP contribution >= 0.6 is 0 Å². The molecule has 1 amide bonds. The lowest BCUT2D eigenvalue weighted by molar-refractivity contribution is -0.143. The second-order valence-corrected chi connectivity index (χ2v) is 14.2. The van der Waals surface area contributed by atoms with E-state index in [1.54, 1.807) is 6.92 Å². The Kier molecular flexibility index (Phi) is 9.56. The number of carbonyl (C=O) groups is 2. The second kappa shape index (κ2) is 13.4. The van der Waals surface area contributed by atoms with Gasteiger partial charge in [0.15, 0.2) is 0 Å². The number of amides is 1. The van der Waals surface area contributed by atoms with E-state index < -0.39 is 32.8 Å². The van der Waals surface area contributed by atoms with Crippen molar-refractivity contribution in [2.24, 2.45) is 0 Å². The Morgan fingerprint density at radius 1 is 0.800 bits per heavy atom. The van der Waals surface area contributed by atoms with Gasteiger partial charge >= 0.3 is 5.97 Å². The highest BCUT2D eigenvalue weighted by molar-refractivity contribution is 7.84. The Balaban J connectivity index is 1.73. The number of hydrogen-bond acceptors (Lipinski definition) is 5. The summed E-state index contributed by atoms with van der Waals surface area (Å²) >= 11 is 0. The average molecular weight is 624 g/mol. The maximum atomic E-state index is 13.9. The lowest BCUT2D eigenvalue weighted by Crippen LogP contribution is -2.56. The number of ether oxygens (including phenoxy) is 1. The molecule has 2 atom stereocenters. The smallest absolute Gasteiger partial charge is 0.325 e. The zero-order chi connectivity index (χ0) is 32.1. The van der Waals surface area contributed by atoms with Crippen molar-refractivity contribution in [1.82, 2.24) is 10.0 Å². The van der Waals surface area contributed by atoms with E-state index in [0.29, 0.717) is 6.54 Å². The number of carbonyl (C=O) groups excluding carboxylic acids is 2. The van der Waals surface area contributed by atoms with Crippen molar-refractivity contribution in [3.05, 3.63) is 138 Å². The summed E-state index contributed by atoms with van der Waals surface area (Å²) in [5.74, 6) is -0.848. The summed E-state index contributed by atoms with van der Waals surface area (Å²) in [5, 5.41) is 2.74. The molecule has 0 aliphatic carbocycles. The summed E-state index contributed by atoms with van der Waals surface area (Å²) in [6.07, 6.45) is -0.0454. The predicted molar refractivity (Wildman–Crippen MR) is 180 cm³/mol. The Hall–Kier alpha value is -4.27. The molecule has 4 aromatic carbocycles. The molecule has 0 aromatic heterocycles. The van der Waals surface area contributed by atoms with Crippen LogP contribution in [0.25, 0.3) is 0 Å². The third-order valence-corrected chi connectivity index (χ3v) is 9.85. The van der Waals surface area contributed by atoms with Crippen LogP contribution in [0, 0.1) is 0 Å². The first-order valence-electron chi connectivity index (χ1n) is 15.3. The van der Waals surface area contributed by atoms with Gasteiger partial charge in [-0.15, -0.1) is 0 Å². The van der Waals surface area contributed by atoms with Gasteiger partial charge in [0.2, 0.25) is 5.91 Å². The first kappa shape index (κ1) is 32.1. The third-order valence-electron chi connectivity index (χ3n) is 8.16. The quantitative estimate of drug-likeness (QED) is 0.163. The van der Waals surface area contributed by atoms with Gasteiger partial charge in [0.25, 0.3) is 0 Å². The topological polar surface area (TPSA) is 87.7 Å². The number of nitrogens with one attached hydrogen (secondary N) is 2. The Labute approximate surface area is 268 Å². The van der Waals surface area contributed by atoms with Crippen LogP contribution in [0.1, 0.15) is 56.4 Å². The number of anilines is 1. The minimum absolute atomic E-state index is 0.0454. The summed E-state index contributed by atoms with van der Waals surface area (Å²) in [6.45, 7) is 7.76. The zero-order valence-electron chi connectivity index (χ0n) is 26.3. The van der Waals surface area contributed by atoms with Gasteiger partial charge in [-0.1, -0.05) is 109 Å². The lowest BCUT2D eigenvalue weighted by atomic mass is 9.75. The van der Waals surface area contributed by atoms with Crippen molar-refractivity contribution >= 4 is 28.5 Å². The molecule has 0 bridgehead atoms. The van der Waals surface area contributed by atoms with Gasteiger partial charge in [-0.2, -0.15) is 0 Å². The van der Waals surface area contributed by atoms with E-state index in [1.165, 1.54) is 0 Å². The number of esters is 1. The standard InChI is InChI=1S/C37H41N3O4S/c1-5-44-34(42)26-38-33(41)25-36(39-45(43)35(2,3)4)27-40(32-24-16-15-23-31(32)36)37(28-17-9-6-10-18-28,29-19-11-7-12-20-29)30-21-13-8-14-22-30/h6-24,39H,5,25-27H2,1-4H3,(H,38,41)/t36-,45?/m0/s1. The normalized spacial score (nSPS) is 16.9. The molecular weight excluding hydrogens is 582 g/mol. The monoisotopic (exact) mass is 623 g/mol. The van der Waals surface area contributed by atoms with E-state index in [2.05, 4.69) is 57.4 Å². The molecule has 8 heteroatoms. The minimum Gasteiger partial charge on any atom is -0.465 e. The molecule has 0 saturated heterocycles. The van der Waals surface area contributed by atoms with Crippen molar-refractivity contribution in [3.8, 4) is 0 Å². The molecule has 1 aliphatic rings. The number of hydrogen-bond donors (Lipinski definition) is 2. The van der Waals surface area contributed by atoms with Gasteiger partial charge in [-0.05, 0) is 56.0 Å². The van der Waals surface area contributed by atoms with Crippen molar-refractivity contribution in [3.63, 3.8) is 0 Å². The summed E-state index contributed by atoms with van der Waals surface area (Å²) < 4.78 is 21.8. The Morgan fingerprint density at radius 2 is 1.29 bits per heavy atom. The summed E-state index contributed by atoms with van der Waals surface area (Å²) in [6, 6.07) is 39.1. The fraction of sp³-hybridized carbons (Fsp3) is 0.297. The van der Waals surface area contributed by atoms with Crippen molar-refractivity contribution in [2.75, 3.05) is 24.6 Å². The van der Waals surface area contributed by atoms with Gasteiger partial charge in [-0.25, -0.2) is 8.93 Å². The summed E-state index contributed by atoms with van der Waals surface area (Å²) in [5.41, 5.74) is 3.07. The molecule has 2 N–H and O–H groups in total. The number of benzene rings is 4. The van der Waals surface area contributed by atoms with E-state index in [-0.39, 0.29) is 25.5 Å². The van der Waals surface area contributed by atoms with Crippen LogP contribution in [0.2, 0.25) is 0 Å². The van der Waals surface area contributed by atoms with Crippen LogP contribution in [0.4, 0.5) is 5.69 Å². The van der Waals surface area contributed by atoms with Crippen molar-refractivity contribution in [1.29, 1.82) is 0 Å². The fourth-order valence-electron chi connectivity index (χ4n) is 6.18. The van der Waals surface area contributed by atoms with Gasteiger partial charge in [0, 0.05) is 12.2 Å². The van der Waals surface area contributed by atoms with Crippen LogP contribution in [0.5, 0.6) is 0 Å². The van der Waals surface area contributed by atoms with Crippen LogP contribution in [-0.4, -0.2) is 40.5 Å². The SMILES string of the molecule is CCOC(=O)CNC(=O)C[C@]1(NS(=O)C(C)(C)C)CN(C(c2ccccc2)(c2ccccc2)c2ccccc2)c2ccccc21. The first-order chi connectivity index (χ1) is 21.6. The third kappa shape index (κ3) is 6.44. The van der Waals surface area contributed by atoms with Gasteiger partial charge in [0.1, 0.15) is 12.1 Å². The van der Waals surface area contributed by atoms with E-state index in [0.717, 1.165) is 27.9 Å². The van der Waals surface area contributed by atoms with E-state index in [9.17, 15) is 13.8 Å². The van der Waals surface area contributed by atoms with Gasteiger partial charge in [-0.3, -0.25) is 9.59 Å². The zero-order valence-corrected chi connectivity index (χ0v) is 27.1. The van der Waals surface area contributed by atoms with Crippen LogP contribution < -0.4 is 14.9 Å². The van der Waals surface area contributed by atoms with E-state index in [1.807, 2.05) is 93.6 Å². The maximum Gasteiger partial charge on any atom is 0.325 e. The van der Waals surface area contributed by atoms with Gasteiger partial charge in [0.05, 0.1) is 34.3 Å². The number of rotatable bonds is 11. The molecule has 0 spiro atoms. The molecule has 0 fully saturated rings. The lowest BCUT2D eigenvalue weighted by Gasteiger charge is -2.46. The van der Waals surface area contributed by atoms with E-state index >= 15 is 0 Å². The molecule has 1 aliphatic heterocycles. The van der Waals surface area contributed by atoms with E-state index in [4.69, 9.17) is 4.74 Å². The molecule has 45 heavy (non-hydrogen) atoms. The molecule has 4 aromatic rings. The predicted octanol–water partition coefficient (Wildman–Crippen LogP) is 5.82. The number of nitrogens with zero attached hydrogens (tertiary/aromatic N) is 1. The highest BCUT2D eigenvalue weighted by Gasteiger charge is 2.53. The largest absolute Gasteiger partial charge is 0.465 e. The van der Waals surface area contributed by atoms with Crippen molar-refractivity contribution in [2.45, 2.75) is 49.9 Å². The molecule has 1 unspecified atom stereocenters. The Bertz CT molecular complexity index is 1540. The highest BCUT2D eigenvalue weighted by atomic mass is 32.2. The fourth-order valence-corrected chi connectivity index (χ4v) is 7.09. The molecule has 7 nitrogen and oxygen atoms in total. The molecule has 5 rings (SSSR count). The van der Waals surface area contributed by atoms with Crippen molar-refractivity contribution < 1.29 is 18.5 Å². The van der Waals surface area contributed by atoms with Crippen LogP contribution in [-0.2, 0) is 36.4 Å². The summed E-state index contributed by atoms with van der Waals surface area (Å²) in [4.78, 5) is 28.1. The number of fused-ring (bicyclic) bond motifs is 1. The first-order valence-corrected chi connectivity index (χ1v) is 16.4. The van der Waals surface area contributed by atoms with Crippen LogP contribution in [0.3, 0.4) is 0 Å². The summed E-state index contributed by atoms with van der Waals surface area (Å²) in [7, 11) is -1.53. The molecular formula is C37H41N3O4S. The maximum absolute atomic E-state index is 13.9. The molecule has 1 heterocycles.